The highest BCUT2D eigenvalue weighted by Crippen LogP contribution is 2.20. The molecule has 0 atom stereocenters. The van der Waals surface area contributed by atoms with Crippen molar-refractivity contribution < 1.29 is 13.6 Å². The van der Waals surface area contributed by atoms with Crippen LogP contribution in [0.1, 0.15) is 21.9 Å². The zero-order valence-electron chi connectivity index (χ0n) is 16.2. The number of hydrogen-bond acceptors (Lipinski definition) is 5. The van der Waals surface area contributed by atoms with E-state index in [1.807, 2.05) is 25.1 Å². The molecule has 0 spiro atoms. The number of carbonyl (C=O) groups is 1. The summed E-state index contributed by atoms with van der Waals surface area (Å²) in [5.74, 6) is 1.34. The van der Waals surface area contributed by atoms with E-state index in [9.17, 15) is 9.18 Å². The Morgan fingerprint density at radius 3 is 2.53 bits per heavy atom. The first-order chi connectivity index (χ1) is 14.6. The number of nitrogens with zero attached hydrogens (tertiary/aromatic N) is 2. The predicted octanol–water partition coefficient (Wildman–Crippen LogP) is 4.86. The van der Waals surface area contributed by atoms with Gasteiger partial charge in [0.1, 0.15) is 17.3 Å². The van der Waals surface area contributed by atoms with E-state index in [1.165, 1.54) is 12.1 Å². The molecule has 1 amide bonds. The Bertz CT molecular complexity index is 1170. The number of amides is 1. The van der Waals surface area contributed by atoms with Crippen LogP contribution in [0.25, 0.3) is 11.1 Å². The van der Waals surface area contributed by atoms with Crippen molar-refractivity contribution in [3.8, 4) is 11.1 Å². The Morgan fingerprint density at radius 1 is 1.00 bits per heavy atom. The van der Waals surface area contributed by atoms with Gasteiger partial charge in [-0.3, -0.25) is 4.79 Å². The molecule has 6 nitrogen and oxygen atoms in total. The Morgan fingerprint density at radius 2 is 1.80 bits per heavy atom. The molecule has 2 aromatic carbocycles. The Balaban J connectivity index is 1.42. The summed E-state index contributed by atoms with van der Waals surface area (Å²) < 4.78 is 18.8. The van der Waals surface area contributed by atoms with Crippen LogP contribution in [0.3, 0.4) is 0 Å². The summed E-state index contributed by atoms with van der Waals surface area (Å²) in [6.07, 6.45) is 3.23. The minimum atomic E-state index is -0.313. The van der Waals surface area contributed by atoms with Crippen LogP contribution in [-0.2, 0) is 6.54 Å². The minimum Gasteiger partial charge on any atom is -0.465 e. The van der Waals surface area contributed by atoms with Crippen molar-refractivity contribution in [1.29, 1.82) is 0 Å². The van der Waals surface area contributed by atoms with Gasteiger partial charge in [0, 0.05) is 29.2 Å². The van der Waals surface area contributed by atoms with Crippen LogP contribution < -0.4 is 10.6 Å². The summed E-state index contributed by atoms with van der Waals surface area (Å²) in [4.78, 5) is 21.0. The lowest BCUT2D eigenvalue weighted by Gasteiger charge is -2.08. The summed E-state index contributed by atoms with van der Waals surface area (Å²) in [6.45, 7) is 2.17. The molecule has 4 aromatic rings. The smallest absolute Gasteiger partial charge is 0.251 e. The average molecular weight is 402 g/mol. The topological polar surface area (TPSA) is 80.0 Å². The fourth-order valence-corrected chi connectivity index (χ4v) is 2.93. The van der Waals surface area contributed by atoms with E-state index in [2.05, 4.69) is 20.6 Å². The predicted molar refractivity (Wildman–Crippen MR) is 112 cm³/mol. The number of benzene rings is 2. The molecular formula is C23H19FN4O2. The van der Waals surface area contributed by atoms with Crippen LogP contribution in [0.5, 0.6) is 0 Å². The molecule has 4 rings (SSSR count). The van der Waals surface area contributed by atoms with Crippen molar-refractivity contribution in [1.82, 2.24) is 15.3 Å². The van der Waals surface area contributed by atoms with E-state index in [-0.39, 0.29) is 11.7 Å². The van der Waals surface area contributed by atoms with Crippen LogP contribution in [0, 0.1) is 12.7 Å². The van der Waals surface area contributed by atoms with E-state index in [4.69, 9.17) is 4.42 Å². The van der Waals surface area contributed by atoms with Crippen LogP contribution in [-0.4, -0.2) is 15.9 Å². The zero-order valence-corrected chi connectivity index (χ0v) is 16.2. The first kappa shape index (κ1) is 19.3. The van der Waals surface area contributed by atoms with Gasteiger partial charge in [-0.1, -0.05) is 18.2 Å². The molecule has 0 aliphatic heterocycles. The standard InChI is InChI=1S/C23H19FN4O2/c1-15-8-9-21(30-15)14-25-22(29)17-5-3-7-20(11-17)28-23-26-12-18(13-27-23)16-4-2-6-19(24)10-16/h2-13H,14H2,1H3,(H,25,29)(H,26,27,28). The highest BCUT2D eigenvalue weighted by atomic mass is 19.1. The maximum atomic E-state index is 13.4. The summed E-state index contributed by atoms with van der Waals surface area (Å²) in [6, 6.07) is 17.0. The molecule has 0 saturated carbocycles. The van der Waals surface area contributed by atoms with Crippen molar-refractivity contribution >= 4 is 17.5 Å². The Kier molecular flexibility index (Phi) is 5.52. The molecule has 0 aliphatic rings. The monoisotopic (exact) mass is 402 g/mol. The minimum absolute atomic E-state index is 0.213. The SMILES string of the molecule is Cc1ccc(CNC(=O)c2cccc(Nc3ncc(-c4cccc(F)c4)cn3)c2)o1. The summed E-state index contributed by atoms with van der Waals surface area (Å²) >= 11 is 0. The lowest BCUT2D eigenvalue weighted by Crippen LogP contribution is -2.22. The number of anilines is 2. The average Bonchev–Trinajstić information content (AvgIpc) is 3.18. The molecule has 30 heavy (non-hydrogen) atoms. The third kappa shape index (κ3) is 4.70. The van der Waals surface area contributed by atoms with Gasteiger partial charge < -0.3 is 15.1 Å². The lowest BCUT2D eigenvalue weighted by atomic mass is 10.1. The molecule has 2 N–H and O–H groups in total. The van der Waals surface area contributed by atoms with Gasteiger partial charge in [-0.05, 0) is 55.0 Å². The van der Waals surface area contributed by atoms with E-state index < -0.39 is 0 Å². The number of aryl methyl sites for hydroxylation is 1. The van der Waals surface area contributed by atoms with Gasteiger partial charge in [-0.25, -0.2) is 14.4 Å². The quantitative estimate of drug-likeness (QED) is 0.482. The molecule has 0 aliphatic carbocycles. The molecule has 0 bridgehead atoms. The second-order valence-electron chi connectivity index (χ2n) is 6.71. The fourth-order valence-electron chi connectivity index (χ4n) is 2.93. The number of hydrogen-bond donors (Lipinski definition) is 2. The van der Waals surface area contributed by atoms with Crippen LogP contribution in [0.15, 0.2) is 77.5 Å². The van der Waals surface area contributed by atoms with Crippen molar-refractivity contribution in [3.05, 3.63) is 96.0 Å². The van der Waals surface area contributed by atoms with E-state index in [0.717, 1.165) is 5.76 Å². The van der Waals surface area contributed by atoms with Gasteiger partial charge in [0.2, 0.25) is 5.95 Å². The van der Waals surface area contributed by atoms with Crippen molar-refractivity contribution in [3.63, 3.8) is 0 Å². The van der Waals surface area contributed by atoms with E-state index in [1.54, 1.807) is 42.7 Å². The third-order valence-corrected chi connectivity index (χ3v) is 4.41. The van der Waals surface area contributed by atoms with Crippen molar-refractivity contribution in [2.45, 2.75) is 13.5 Å². The number of nitrogens with one attached hydrogen (secondary N) is 2. The van der Waals surface area contributed by atoms with E-state index in [0.29, 0.717) is 40.6 Å². The van der Waals surface area contributed by atoms with Crippen LogP contribution in [0.2, 0.25) is 0 Å². The molecule has 150 valence electrons. The zero-order chi connectivity index (χ0) is 20.9. The molecule has 2 aromatic heterocycles. The maximum Gasteiger partial charge on any atom is 0.251 e. The van der Waals surface area contributed by atoms with Gasteiger partial charge in [0.05, 0.1) is 6.54 Å². The van der Waals surface area contributed by atoms with Gasteiger partial charge >= 0.3 is 0 Å². The molecule has 7 heteroatoms. The first-order valence-corrected chi connectivity index (χ1v) is 9.35. The normalized spacial score (nSPS) is 10.6. The van der Waals surface area contributed by atoms with Gasteiger partial charge in [-0.15, -0.1) is 0 Å². The molecule has 2 heterocycles. The molecule has 0 fully saturated rings. The summed E-state index contributed by atoms with van der Waals surface area (Å²) in [7, 11) is 0. The lowest BCUT2D eigenvalue weighted by molar-refractivity contribution is 0.0948. The third-order valence-electron chi connectivity index (χ3n) is 4.41. The Hall–Kier alpha value is -4.00. The van der Waals surface area contributed by atoms with Crippen LogP contribution in [0.4, 0.5) is 16.0 Å². The molecule has 0 unspecified atom stereocenters. The number of halogens is 1. The molecule has 0 saturated heterocycles. The highest BCUT2D eigenvalue weighted by molar-refractivity contribution is 5.95. The number of rotatable bonds is 6. The largest absolute Gasteiger partial charge is 0.465 e. The number of furan rings is 1. The number of aromatic nitrogens is 2. The Labute approximate surface area is 172 Å². The first-order valence-electron chi connectivity index (χ1n) is 9.35. The number of carbonyl (C=O) groups excluding carboxylic acids is 1. The van der Waals surface area contributed by atoms with Gasteiger partial charge in [0.15, 0.2) is 0 Å². The fraction of sp³-hybridized carbons (Fsp3) is 0.0870. The maximum absolute atomic E-state index is 13.4. The van der Waals surface area contributed by atoms with Crippen molar-refractivity contribution in [2.75, 3.05) is 5.32 Å². The van der Waals surface area contributed by atoms with Crippen LogP contribution >= 0.6 is 0 Å². The van der Waals surface area contributed by atoms with Gasteiger partial charge in [-0.2, -0.15) is 0 Å². The van der Waals surface area contributed by atoms with Gasteiger partial charge in [0.25, 0.3) is 5.91 Å². The van der Waals surface area contributed by atoms with Crippen molar-refractivity contribution in [2.24, 2.45) is 0 Å². The summed E-state index contributed by atoms with van der Waals surface area (Å²) in [5.41, 5.74) is 2.59. The molecular weight excluding hydrogens is 383 g/mol. The summed E-state index contributed by atoms with van der Waals surface area (Å²) in [5, 5.41) is 5.90. The highest BCUT2D eigenvalue weighted by Gasteiger charge is 2.08. The van der Waals surface area contributed by atoms with E-state index >= 15 is 0 Å². The second-order valence-corrected chi connectivity index (χ2v) is 6.71. The second kappa shape index (κ2) is 8.57. The molecule has 0 radical (unpaired) electrons.